The molecular weight excluding hydrogens is 353 g/mol. The zero-order valence-corrected chi connectivity index (χ0v) is 14.0. The van der Waals surface area contributed by atoms with Crippen LogP contribution in [0.5, 0.6) is 0 Å². The zero-order valence-electron chi connectivity index (χ0n) is 14.0. The Kier molecular flexibility index (Phi) is 3.80. The second kappa shape index (κ2) is 6.17. The van der Waals surface area contributed by atoms with E-state index < -0.39 is 23.6 Å². The fraction of sp³-hybridized carbons (Fsp3) is 0.0526. The first-order valence-corrected chi connectivity index (χ1v) is 7.98. The van der Waals surface area contributed by atoms with Crippen LogP contribution in [0.4, 0.5) is 4.39 Å². The molecule has 1 aromatic heterocycles. The number of carbonyl (C=O) groups excluding carboxylic acids is 3. The summed E-state index contributed by atoms with van der Waals surface area (Å²) < 4.78 is 14.8. The lowest BCUT2D eigenvalue weighted by Crippen LogP contribution is -2.32. The van der Waals surface area contributed by atoms with Crippen LogP contribution in [0, 0.1) is 12.7 Å². The fourth-order valence-electron chi connectivity index (χ4n) is 2.82. The molecule has 1 aliphatic heterocycles. The van der Waals surface area contributed by atoms with Gasteiger partial charge in [0.1, 0.15) is 5.82 Å². The van der Waals surface area contributed by atoms with Crippen LogP contribution in [-0.2, 0) is 4.84 Å². The van der Waals surface area contributed by atoms with Gasteiger partial charge in [-0.05, 0) is 43.3 Å². The second-order valence-electron chi connectivity index (χ2n) is 5.89. The molecule has 8 heteroatoms. The molecule has 0 fully saturated rings. The molecule has 27 heavy (non-hydrogen) atoms. The molecule has 134 valence electrons. The lowest BCUT2D eigenvalue weighted by Gasteiger charge is -2.11. The SMILES string of the molecule is Cc1cc(C(=O)ON2C(=O)c3ccccc3C2=O)nn1-c1cccc(F)c1. The zero-order chi connectivity index (χ0) is 19.1. The standard InChI is InChI=1S/C19H12FN3O4/c1-11-9-16(21-22(11)13-6-4-5-12(20)10-13)19(26)27-23-17(24)14-7-2-3-8-15(14)18(23)25/h2-10H,1H3. The van der Waals surface area contributed by atoms with E-state index in [2.05, 4.69) is 5.10 Å². The first-order valence-electron chi connectivity index (χ1n) is 7.98. The van der Waals surface area contributed by atoms with Crippen LogP contribution >= 0.6 is 0 Å². The number of aromatic nitrogens is 2. The number of fused-ring (bicyclic) bond motifs is 1. The Morgan fingerprint density at radius 1 is 1.00 bits per heavy atom. The van der Waals surface area contributed by atoms with Crippen molar-refractivity contribution in [3.63, 3.8) is 0 Å². The molecule has 1 aliphatic rings. The summed E-state index contributed by atoms with van der Waals surface area (Å²) in [5.74, 6) is -2.85. The highest BCUT2D eigenvalue weighted by Crippen LogP contribution is 2.23. The molecule has 2 aromatic carbocycles. The Morgan fingerprint density at radius 2 is 1.67 bits per heavy atom. The number of halogens is 1. The Morgan fingerprint density at radius 3 is 2.30 bits per heavy atom. The van der Waals surface area contributed by atoms with Gasteiger partial charge in [-0.1, -0.05) is 23.3 Å². The van der Waals surface area contributed by atoms with E-state index in [0.29, 0.717) is 16.4 Å². The first kappa shape index (κ1) is 16.6. The molecular formula is C19H12FN3O4. The van der Waals surface area contributed by atoms with Crippen LogP contribution in [-0.4, -0.2) is 32.6 Å². The van der Waals surface area contributed by atoms with Gasteiger partial charge in [0.15, 0.2) is 5.69 Å². The topological polar surface area (TPSA) is 81.5 Å². The number of hydrogen-bond acceptors (Lipinski definition) is 5. The van der Waals surface area contributed by atoms with E-state index >= 15 is 0 Å². The third-order valence-electron chi connectivity index (χ3n) is 4.08. The summed E-state index contributed by atoms with van der Waals surface area (Å²) in [7, 11) is 0. The maximum atomic E-state index is 13.4. The van der Waals surface area contributed by atoms with Crippen LogP contribution in [0.25, 0.3) is 5.69 Å². The van der Waals surface area contributed by atoms with Crippen LogP contribution in [0.1, 0.15) is 36.9 Å². The van der Waals surface area contributed by atoms with Gasteiger partial charge in [0.05, 0.1) is 16.8 Å². The summed E-state index contributed by atoms with van der Waals surface area (Å²) >= 11 is 0. The van der Waals surface area contributed by atoms with E-state index in [0.717, 1.165) is 0 Å². The van der Waals surface area contributed by atoms with E-state index in [9.17, 15) is 18.8 Å². The van der Waals surface area contributed by atoms with Crippen molar-refractivity contribution in [1.29, 1.82) is 0 Å². The van der Waals surface area contributed by atoms with Crippen molar-refractivity contribution in [2.45, 2.75) is 6.92 Å². The largest absolute Gasteiger partial charge is 0.384 e. The molecule has 0 unspecified atom stereocenters. The van der Waals surface area contributed by atoms with Crippen LogP contribution in [0.2, 0.25) is 0 Å². The van der Waals surface area contributed by atoms with E-state index in [-0.39, 0.29) is 16.8 Å². The molecule has 0 N–H and O–H groups in total. The van der Waals surface area contributed by atoms with Gasteiger partial charge in [-0.3, -0.25) is 9.59 Å². The Labute approximate surface area is 152 Å². The van der Waals surface area contributed by atoms with Gasteiger partial charge in [-0.25, -0.2) is 13.9 Å². The monoisotopic (exact) mass is 365 g/mol. The molecule has 3 aromatic rings. The van der Waals surface area contributed by atoms with Gasteiger partial charge >= 0.3 is 5.97 Å². The highest BCUT2D eigenvalue weighted by Gasteiger charge is 2.39. The molecule has 2 heterocycles. The molecule has 7 nitrogen and oxygen atoms in total. The number of aryl methyl sites for hydroxylation is 1. The van der Waals surface area contributed by atoms with E-state index in [1.54, 1.807) is 25.1 Å². The molecule has 0 atom stereocenters. The maximum Gasteiger partial charge on any atom is 0.384 e. The average Bonchev–Trinajstić information content (AvgIpc) is 3.16. The molecule has 0 saturated carbocycles. The van der Waals surface area contributed by atoms with Gasteiger partial charge < -0.3 is 4.84 Å². The van der Waals surface area contributed by atoms with Crippen LogP contribution in [0.15, 0.2) is 54.6 Å². The van der Waals surface area contributed by atoms with E-state index in [1.165, 1.54) is 41.1 Å². The summed E-state index contributed by atoms with van der Waals surface area (Å²) in [6, 6.07) is 13.3. The molecule has 0 aliphatic carbocycles. The van der Waals surface area contributed by atoms with Crippen LogP contribution < -0.4 is 0 Å². The lowest BCUT2D eigenvalue weighted by atomic mass is 10.1. The van der Waals surface area contributed by atoms with Crippen molar-refractivity contribution in [3.05, 3.63) is 82.9 Å². The van der Waals surface area contributed by atoms with Crippen molar-refractivity contribution >= 4 is 17.8 Å². The summed E-state index contributed by atoms with van der Waals surface area (Å²) in [5, 5.41) is 4.51. The number of nitrogens with zero attached hydrogens (tertiary/aromatic N) is 3. The molecule has 0 saturated heterocycles. The molecule has 4 rings (SSSR count). The molecule has 2 amide bonds. The third kappa shape index (κ3) is 2.77. The number of hydroxylamine groups is 2. The lowest BCUT2D eigenvalue weighted by molar-refractivity contribution is -0.0588. The van der Waals surface area contributed by atoms with Gasteiger partial charge in [0.2, 0.25) is 0 Å². The minimum absolute atomic E-state index is 0.117. The highest BCUT2D eigenvalue weighted by atomic mass is 19.1. The Hall–Kier alpha value is -3.81. The maximum absolute atomic E-state index is 13.4. The number of rotatable bonds is 3. The highest BCUT2D eigenvalue weighted by molar-refractivity contribution is 6.21. The minimum Gasteiger partial charge on any atom is -0.322 e. The van der Waals surface area contributed by atoms with Crippen molar-refractivity contribution in [2.75, 3.05) is 0 Å². The number of hydrogen-bond donors (Lipinski definition) is 0. The smallest absolute Gasteiger partial charge is 0.322 e. The number of amides is 2. The average molecular weight is 365 g/mol. The Balaban J connectivity index is 1.59. The Bertz CT molecular complexity index is 1070. The molecule has 0 radical (unpaired) electrons. The normalized spacial score (nSPS) is 13.0. The summed E-state index contributed by atoms with van der Waals surface area (Å²) in [6.07, 6.45) is 0. The van der Waals surface area contributed by atoms with Gasteiger partial charge in [-0.15, -0.1) is 0 Å². The molecule has 0 bridgehead atoms. The number of imide groups is 1. The molecule has 0 spiro atoms. The predicted molar refractivity (Wildman–Crippen MR) is 90.6 cm³/mol. The summed E-state index contributed by atoms with van der Waals surface area (Å²) in [6.45, 7) is 1.68. The number of carbonyl (C=O) groups is 3. The van der Waals surface area contributed by atoms with E-state index in [1.807, 2.05) is 0 Å². The van der Waals surface area contributed by atoms with E-state index in [4.69, 9.17) is 4.84 Å². The van der Waals surface area contributed by atoms with Gasteiger partial charge in [0.25, 0.3) is 11.8 Å². The first-order chi connectivity index (χ1) is 13.0. The number of benzene rings is 2. The summed E-state index contributed by atoms with van der Waals surface area (Å²) in [5.41, 5.74) is 1.18. The van der Waals surface area contributed by atoms with Crippen molar-refractivity contribution < 1.29 is 23.6 Å². The quantitative estimate of drug-likeness (QED) is 0.667. The minimum atomic E-state index is -0.970. The van der Waals surface area contributed by atoms with Crippen molar-refractivity contribution in [3.8, 4) is 5.69 Å². The fourth-order valence-corrected chi connectivity index (χ4v) is 2.82. The van der Waals surface area contributed by atoms with Gasteiger partial charge in [0, 0.05) is 5.69 Å². The van der Waals surface area contributed by atoms with Crippen LogP contribution in [0.3, 0.4) is 0 Å². The summed E-state index contributed by atoms with van der Waals surface area (Å²) in [4.78, 5) is 41.9. The van der Waals surface area contributed by atoms with Crippen molar-refractivity contribution in [1.82, 2.24) is 14.8 Å². The van der Waals surface area contributed by atoms with Crippen molar-refractivity contribution in [2.24, 2.45) is 0 Å². The third-order valence-corrected chi connectivity index (χ3v) is 4.08. The predicted octanol–water partition coefficient (Wildman–Crippen LogP) is 2.69. The van der Waals surface area contributed by atoms with Gasteiger partial charge in [-0.2, -0.15) is 5.10 Å². The second-order valence-corrected chi connectivity index (χ2v) is 5.89.